The maximum Gasteiger partial charge on any atom is 0.273 e. The summed E-state index contributed by atoms with van der Waals surface area (Å²) in [6, 6.07) is 5.16. The zero-order valence-electron chi connectivity index (χ0n) is 6.87. The van der Waals surface area contributed by atoms with Gasteiger partial charge < -0.3 is 5.73 Å². The van der Waals surface area contributed by atoms with Crippen LogP contribution in [0.25, 0.3) is 0 Å². The van der Waals surface area contributed by atoms with E-state index in [9.17, 15) is 10.1 Å². The zero-order chi connectivity index (χ0) is 9.84. The highest BCUT2D eigenvalue weighted by Gasteiger charge is 2.12. The molecule has 0 aliphatic rings. The first kappa shape index (κ1) is 10.4. The smallest absolute Gasteiger partial charge is 0.273 e. The van der Waals surface area contributed by atoms with Gasteiger partial charge in [0.15, 0.2) is 0 Å². The normalized spacial score (nSPS) is 10.0. The summed E-state index contributed by atoms with van der Waals surface area (Å²) in [5.74, 6) is 0. The molecule has 0 heterocycles. The van der Waals surface area contributed by atoms with Crippen LogP contribution in [0.2, 0.25) is 0 Å². The molecular formula is C8H9IN2O2. The van der Waals surface area contributed by atoms with Crippen molar-refractivity contribution in [2.45, 2.75) is 6.42 Å². The zero-order valence-corrected chi connectivity index (χ0v) is 9.02. The van der Waals surface area contributed by atoms with E-state index in [4.69, 9.17) is 5.73 Å². The number of nitro benzene ring substituents is 1. The molecule has 0 aromatic heterocycles. The van der Waals surface area contributed by atoms with Crippen molar-refractivity contribution in [2.75, 3.05) is 6.54 Å². The van der Waals surface area contributed by atoms with Crippen molar-refractivity contribution >= 4 is 28.3 Å². The van der Waals surface area contributed by atoms with E-state index >= 15 is 0 Å². The van der Waals surface area contributed by atoms with Crippen LogP contribution in [0.3, 0.4) is 0 Å². The molecule has 5 heteroatoms. The fraction of sp³-hybridized carbons (Fsp3) is 0.250. The molecule has 0 aliphatic heterocycles. The molecule has 0 aliphatic carbocycles. The Labute approximate surface area is 89.4 Å². The number of nitro groups is 1. The van der Waals surface area contributed by atoms with Crippen LogP contribution in [-0.4, -0.2) is 11.5 Å². The molecule has 1 aromatic rings. The second-order valence-corrected chi connectivity index (χ2v) is 3.81. The van der Waals surface area contributed by atoms with Gasteiger partial charge in [0.25, 0.3) is 5.69 Å². The summed E-state index contributed by atoms with van der Waals surface area (Å²) in [5.41, 5.74) is 6.21. The van der Waals surface area contributed by atoms with Crippen LogP contribution in [0.4, 0.5) is 5.69 Å². The summed E-state index contributed by atoms with van der Waals surface area (Å²) in [7, 11) is 0. The van der Waals surface area contributed by atoms with Gasteiger partial charge in [-0.3, -0.25) is 10.1 Å². The minimum absolute atomic E-state index is 0.164. The minimum atomic E-state index is -0.368. The standard InChI is InChI=1S/C8H9IN2O2/c9-7-2-1-6(3-4-10)8(5-7)11(12)13/h1-2,5H,3-4,10H2. The van der Waals surface area contributed by atoms with Gasteiger partial charge in [-0.05, 0) is 41.6 Å². The molecule has 13 heavy (non-hydrogen) atoms. The van der Waals surface area contributed by atoms with Crippen LogP contribution in [0.5, 0.6) is 0 Å². The third-order valence-electron chi connectivity index (χ3n) is 1.66. The summed E-state index contributed by atoms with van der Waals surface area (Å²) >= 11 is 2.05. The number of hydrogen-bond acceptors (Lipinski definition) is 3. The quantitative estimate of drug-likeness (QED) is 0.523. The lowest BCUT2D eigenvalue weighted by Crippen LogP contribution is -2.05. The van der Waals surface area contributed by atoms with Gasteiger partial charge in [-0.2, -0.15) is 0 Å². The summed E-state index contributed by atoms with van der Waals surface area (Å²) in [6.45, 7) is 0.432. The van der Waals surface area contributed by atoms with Crippen LogP contribution in [-0.2, 0) is 6.42 Å². The monoisotopic (exact) mass is 292 g/mol. The Balaban J connectivity index is 3.10. The molecule has 0 bridgehead atoms. The fourth-order valence-electron chi connectivity index (χ4n) is 1.07. The summed E-state index contributed by atoms with van der Waals surface area (Å²) < 4.78 is 0.866. The van der Waals surface area contributed by atoms with Crippen LogP contribution in [0.1, 0.15) is 5.56 Å². The predicted octanol–water partition coefficient (Wildman–Crippen LogP) is 1.70. The number of hydrogen-bond donors (Lipinski definition) is 1. The summed E-state index contributed by atoms with van der Waals surface area (Å²) in [4.78, 5) is 10.2. The van der Waals surface area contributed by atoms with Crippen LogP contribution in [0, 0.1) is 13.7 Å². The van der Waals surface area contributed by atoms with Gasteiger partial charge in [0.2, 0.25) is 0 Å². The van der Waals surface area contributed by atoms with Gasteiger partial charge in [-0.1, -0.05) is 6.07 Å². The van der Waals surface area contributed by atoms with E-state index in [1.165, 1.54) is 0 Å². The Morgan fingerprint density at radius 3 is 2.77 bits per heavy atom. The van der Waals surface area contributed by atoms with Gasteiger partial charge >= 0.3 is 0 Å². The van der Waals surface area contributed by atoms with E-state index in [0.29, 0.717) is 18.5 Å². The fourth-order valence-corrected chi connectivity index (χ4v) is 1.55. The van der Waals surface area contributed by atoms with Gasteiger partial charge in [-0.25, -0.2) is 0 Å². The summed E-state index contributed by atoms with van der Waals surface area (Å²) in [6.07, 6.45) is 0.549. The molecular weight excluding hydrogens is 283 g/mol. The molecule has 0 radical (unpaired) electrons. The molecule has 0 atom stereocenters. The Bertz CT molecular complexity index is 328. The van der Waals surface area contributed by atoms with Crippen molar-refractivity contribution in [1.82, 2.24) is 0 Å². The topological polar surface area (TPSA) is 69.2 Å². The van der Waals surface area contributed by atoms with Gasteiger partial charge in [-0.15, -0.1) is 0 Å². The predicted molar refractivity (Wildman–Crippen MR) is 58.6 cm³/mol. The van der Waals surface area contributed by atoms with Crippen LogP contribution < -0.4 is 5.73 Å². The number of halogens is 1. The number of benzene rings is 1. The molecule has 0 unspecified atom stereocenters. The average molecular weight is 292 g/mol. The van der Waals surface area contributed by atoms with E-state index in [1.807, 2.05) is 28.7 Å². The molecule has 0 amide bonds. The van der Waals surface area contributed by atoms with Crippen molar-refractivity contribution < 1.29 is 4.92 Å². The van der Waals surface area contributed by atoms with Crippen LogP contribution >= 0.6 is 22.6 Å². The Hall–Kier alpha value is -0.690. The van der Waals surface area contributed by atoms with E-state index in [-0.39, 0.29) is 10.6 Å². The van der Waals surface area contributed by atoms with Crippen molar-refractivity contribution in [3.05, 3.63) is 37.4 Å². The Kier molecular flexibility index (Phi) is 3.61. The van der Waals surface area contributed by atoms with E-state index in [2.05, 4.69) is 0 Å². The van der Waals surface area contributed by atoms with E-state index < -0.39 is 0 Å². The Morgan fingerprint density at radius 1 is 1.54 bits per heavy atom. The molecule has 2 N–H and O–H groups in total. The first-order valence-corrected chi connectivity index (χ1v) is 4.86. The van der Waals surface area contributed by atoms with Gasteiger partial charge in [0.1, 0.15) is 0 Å². The van der Waals surface area contributed by atoms with Gasteiger partial charge in [0, 0.05) is 15.2 Å². The average Bonchev–Trinajstić information content (AvgIpc) is 2.08. The number of nitrogens with two attached hydrogens (primary N) is 1. The third-order valence-corrected chi connectivity index (χ3v) is 2.33. The van der Waals surface area contributed by atoms with Gasteiger partial charge in [0.05, 0.1) is 4.92 Å². The van der Waals surface area contributed by atoms with Crippen LogP contribution in [0.15, 0.2) is 18.2 Å². The number of rotatable bonds is 3. The molecule has 0 fully saturated rings. The third kappa shape index (κ3) is 2.63. The SMILES string of the molecule is NCCc1ccc(I)cc1[N+](=O)[O-]. The lowest BCUT2D eigenvalue weighted by atomic mass is 10.1. The summed E-state index contributed by atoms with van der Waals surface area (Å²) in [5, 5.41) is 10.6. The lowest BCUT2D eigenvalue weighted by Gasteiger charge is -2.00. The van der Waals surface area contributed by atoms with E-state index in [0.717, 1.165) is 3.57 Å². The highest BCUT2D eigenvalue weighted by molar-refractivity contribution is 14.1. The Morgan fingerprint density at radius 2 is 2.23 bits per heavy atom. The molecule has 0 spiro atoms. The van der Waals surface area contributed by atoms with Crippen molar-refractivity contribution in [3.8, 4) is 0 Å². The highest BCUT2D eigenvalue weighted by Crippen LogP contribution is 2.21. The molecule has 0 saturated heterocycles. The maximum atomic E-state index is 10.6. The molecule has 1 rings (SSSR count). The number of nitrogens with zero attached hydrogens (tertiary/aromatic N) is 1. The van der Waals surface area contributed by atoms with Crippen molar-refractivity contribution in [3.63, 3.8) is 0 Å². The lowest BCUT2D eigenvalue weighted by molar-refractivity contribution is -0.385. The van der Waals surface area contributed by atoms with Crippen molar-refractivity contribution in [2.24, 2.45) is 5.73 Å². The maximum absolute atomic E-state index is 10.6. The first-order chi connectivity index (χ1) is 6.15. The first-order valence-electron chi connectivity index (χ1n) is 3.78. The second kappa shape index (κ2) is 4.52. The molecule has 0 saturated carbocycles. The molecule has 1 aromatic carbocycles. The molecule has 4 nitrogen and oxygen atoms in total. The minimum Gasteiger partial charge on any atom is -0.330 e. The van der Waals surface area contributed by atoms with Crippen molar-refractivity contribution in [1.29, 1.82) is 0 Å². The van der Waals surface area contributed by atoms with E-state index in [1.54, 1.807) is 12.1 Å². The highest BCUT2D eigenvalue weighted by atomic mass is 127. The largest absolute Gasteiger partial charge is 0.330 e. The molecule has 70 valence electrons. The second-order valence-electron chi connectivity index (χ2n) is 2.57.